The number of benzene rings is 2. The maximum atomic E-state index is 10.7. The van der Waals surface area contributed by atoms with Crippen molar-refractivity contribution in [3.05, 3.63) is 53.2 Å². The third-order valence-corrected chi connectivity index (χ3v) is 6.45. The molecule has 5 nitrogen and oxygen atoms in total. The van der Waals surface area contributed by atoms with Crippen LogP contribution in [0.2, 0.25) is 0 Å². The van der Waals surface area contributed by atoms with Gasteiger partial charge in [-0.1, -0.05) is 12.1 Å². The van der Waals surface area contributed by atoms with Crippen LogP contribution in [-0.2, 0) is 0 Å². The number of aliphatic hydroxyl groups is 1. The number of fused-ring (bicyclic) bond motifs is 2. The molecule has 4 rings (SSSR count). The average molecular weight is 411 g/mol. The van der Waals surface area contributed by atoms with Crippen LogP contribution in [0.15, 0.2) is 53.1 Å². The summed E-state index contributed by atoms with van der Waals surface area (Å²) in [6.07, 6.45) is 0.852. The Balaban J connectivity index is 1.60. The molecule has 0 radical (unpaired) electrons. The van der Waals surface area contributed by atoms with Gasteiger partial charge in [-0.25, -0.2) is 4.98 Å². The number of ether oxygens (including phenoxy) is 2. The molecule has 0 amide bonds. The topological polar surface area (TPSA) is 75.4 Å². The molecule has 0 bridgehead atoms. The van der Waals surface area contributed by atoms with Gasteiger partial charge in [-0.2, -0.15) is 5.26 Å². The number of hydrogen-bond donors (Lipinski definition) is 1. The minimum Gasteiger partial charge on any atom is -0.510 e. The van der Waals surface area contributed by atoms with Crippen LogP contribution < -0.4 is 9.47 Å². The summed E-state index contributed by atoms with van der Waals surface area (Å²) >= 11 is 2.86. The first-order valence-corrected chi connectivity index (χ1v) is 10.6. The van der Waals surface area contributed by atoms with Crippen molar-refractivity contribution in [3.63, 3.8) is 0 Å². The fourth-order valence-corrected chi connectivity index (χ4v) is 4.80. The maximum absolute atomic E-state index is 10.7. The quantitative estimate of drug-likeness (QED) is 0.351. The van der Waals surface area contributed by atoms with Crippen molar-refractivity contribution in [2.24, 2.45) is 0 Å². The van der Waals surface area contributed by atoms with Crippen LogP contribution in [0, 0.1) is 11.3 Å². The number of thiazole rings is 1. The number of thioether (sulfide) groups is 1. The van der Waals surface area contributed by atoms with E-state index in [1.165, 1.54) is 23.1 Å². The zero-order valence-corrected chi connectivity index (χ0v) is 16.8. The molecule has 1 aliphatic rings. The Hall–Kier alpha value is -2.69. The summed E-state index contributed by atoms with van der Waals surface area (Å²) in [4.78, 5) is 5.43. The number of nitrogens with zero attached hydrogens (tertiary/aromatic N) is 2. The van der Waals surface area contributed by atoms with E-state index in [1.807, 2.05) is 49.4 Å². The van der Waals surface area contributed by atoms with Crippen molar-refractivity contribution in [2.45, 2.75) is 23.5 Å². The predicted octanol–water partition coefficient (Wildman–Crippen LogP) is 5.43. The number of nitriles is 1. The number of para-hydroxylation sites is 1. The van der Waals surface area contributed by atoms with E-state index in [2.05, 4.69) is 11.1 Å². The van der Waals surface area contributed by atoms with Crippen molar-refractivity contribution in [3.8, 4) is 17.6 Å². The van der Waals surface area contributed by atoms with E-state index in [9.17, 15) is 10.4 Å². The van der Waals surface area contributed by atoms with Crippen molar-refractivity contribution in [1.82, 2.24) is 4.98 Å². The second-order valence-corrected chi connectivity index (χ2v) is 8.72. The van der Waals surface area contributed by atoms with E-state index < -0.39 is 0 Å². The van der Waals surface area contributed by atoms with Crippen LogP contribution in [-0.4, -0.2) is 28.6 Å². The van der Waals surface area contributed by atoms with Crippen LogP contribution in [0.5, 0.6) is 11.5 Å². The van der Waals surface area contributed by atoms with Crippen molar-refractivity contribution in [1.29, 1.82) is 5.26 Å². The van der Waals surface area contributed by atoms with Crippen LogP contribution in [0.4, 0.5) is 0 Å². The molecule has 3 aromatic rings. The minimum atomic E-state index is -0.314. The summed E-state index contributed by atoms with van der Waals surface area (Å²) in [5.74, 6) is 1.48. The van der Waals surface area contributed by atoms with Crippen molar-refractivity contribution in [2.75, 3.05) is 13.2 Å². The summed E-state index contributed by atoms with van der Waals surface area (Å²) < 4.78 is 12.4. The Morgan fingerprint density at radius 3 is 2.79 bits per heavy atom. The first kappa shape index (κ1) is 18.7. The third-order valence-electron chi connectivity index (χ3n) is 4.29. The van der Waals surface area contributed by atoms with Crippen LogP contribution in [0.25, 0.3) is 15.8 Å². The summed E-state index contributed by atoms with van der Waals surface area (Å²) in [5.41, 5.74) is 1.04. The zero-order chi connectivity index (χ0) is 19.5. The molecule has 0 spiro atoms. The lowest BCUT2D eigenvalue weighted by Gasteiger charge is -2.14. The molecule has 142 valence electrons. The van der Waals surface area contributed by atoms with Gasteiger partial charge >= 0.3 is 0 Å². The molecule has 0 unspecified atom stereocenters. The molecule has 0 fully saturated rings. The fraction of sp³-hybridized carbons (Fsp3) is 0.238. The van der Waals surface area contributed by atoms with Gasteiger partial charge in [0, 0.05) is 11.3 Å². The average Bonchev–Trinajstić information content (AvgIpc) is 2.99. The normalized spacial score (nSPS) is 15.4. The molecule has 1 aliphatic heterocycles. The van der Waals surface area contributed by atoms with Gasteiger partial charge in [-0.3, -0.25) is 0 Å². The molecule has 1 atom stereocenters. The van der Waals surface area contributed by atoms with Gasteiger partial charge in [0.15, 0.2) is 11.5 Å². The van der Waals surface area contributed by atoms with Gasteiger partial charge in [0.25, 0.3) is 0 Å². The predicted molar refractivity (Wildman–Crippen MR) is 112 cm³/mol. The van der Waals surface area contributed by atoms with Gasteiger partial charge in [-0.05, 0) is 37.3 Å². The molecule has 0 aliphatic carbocycles. The lowest BCUT2D eigenvalue weighted by atomic mass is 10.2. The molecule has 0 saturated heterocycles. The molecule has 2 aromatic carbocycles. The first-order valence-electron chi connectivity index (χ1n) is 8.91. The van der Waals surface area contributed by atoms with Crippen molar-refractivity contribution >= 4 is 38.9 Å². The van der Waals surface area contributed by atoms with E-state index in [1.54, 1.807) is 0 Å². The SMILES string of the molecule is C[C@@H](Sc1ccc2c(c1)OCCCO2)C(O)=C(C#N)c1nc2ccccc2s1. The lowest BCUT2D eigenvalue weighted by molar-refractivity contribution is 0.297. The summed E-state index contributed by atoms with van der Waals surface area (Å²) in [6.45, 7) is 3.14. The monoisotopic (exact) mass is 410 g/mol. The van der Waals surface area contributed by atoms with Crippen LogP contribution in [0.3, 0.4) is 0 Å². The Morgan fingerprint density at radius 1 is 1.21 bits per heavy atom. The minimum absolute atomic E-state index is 0.0265. The van der Waals surface area contributed by atoms with E-state index in [-0.39, 0.29) is 16.6 Å². The second-order valence-electron chi connectivity index (χ2n) is 6.28. The fourth-order valence-electron chi connectivity index (χ4n) is 2.87. The summed E-state index contributed by atoms with van der Waals surface area (Å²) in [6, 6.07) is 15.6. The van der Waals surface area contributed by atoms with E-state index >= 15 is 0 Å². The number of allylic oxidation sites excluding steroid dienone is 1. The van der Waals surface area contributed by atoms with E-state index in [0.29, 0.717) is 24.0 Å². The Bertz CT molecular complexity index is 1050. The van der Waals surface area contributed by atoms with Crippen molar-refractivity contribution < 1.29 is 14.6 Å². The van der Waals surface area contributed by atoms with Gasteiger partial charge in [0.2, 0.25) is 0 Å². The molecule has 28 heavy (non-hydrogen) atoms. The standard InChI is InChI=1S/C21H18N2O3S2/c1-13(27-14-7-8-17-18(11-14)26-10-4-9-25-17)20(24)15(12-22)21-23-16-5-2-3-6-19(16)28-21/h2-3,5-8,11,13,24H,4,9-10H2,1H3/t13-/m1/s1. The molecular formula is C21H18N2O3S2. The Kier molecular flexibility index (Phi) is 5.42. The van der Waals surface area contributed by atoms with Gasteiger partial charge in [0.1, 0.15) is 22.4 Å². The van der Waals surface area contributed by atoms with E-state index in [4.69, 9.17) is 9.47 Å². The Labute approximate surface area is 171 Å². The van der Waals surface area contributed by atoms with Crippen LogP contribution >= 0.6 is 23.1 Å². The van der Waals surface area contributed by atoms with Gasteiger partial charge in [-0.15, -0.1) is 23.1 Å². The second kappa shape index (κ2) is 8.13. The highest BCUT2D eigenvalue weighted by Gasteiger charge is 2.20. The van der Waals surface area contributed by atoms with Gasteiger partial charge < -0.3 is 14.6 Å². The smallest absolute Gasteiger partial charge is 0.162 e. The van der Waals surface area contributed by atoms with E-state index in [0.717, 1.165) is 27.3 Å². The Morgan fingerprint density at radius 2 is 2.00 bits per heavy atom. The number of hydrogen-bond acceptors (Lipinski definition) is 7. The lowest BCUT2D eigenvalue weighted by Crippen LogP contribution is -2.04. The highest BCUT2D eigenvalue weighted by atomic mass is 32.2. The zero-order valence-electron chi connectivity index (χ0n) is 15.2. The molecule has 0 saturated carbocycles. The molecule has 1 aromatic heterocycles. The molecule has 1 N–H and O–H groups in total. The third kappa shape index (κ3) is 3.79. The molecule has 2 heterocycles. The maximum Gasteiger partial charge on any atom is 0.162 e. The highest BCUT2D eigenvalue weighted by Crippen LogP contribution is 2.38. The largest absolute Gasteiger partial charge is 0.510 e. The first-order chi connectivity index (χ1) is 13.7. The summed E-state index contributed by atoms with van der Waals surface area (Å²) in [7, 11) is 0. The van der Waals surface area contributed by atoms with Crippen LogP contribution in [0.1, 0.15) is 18.4 Å². The highest BCUT2D eigenvalue weighted by molar-refractivity contribution is 8.00. The van der Waals surface area contributed by atoms with Gasteiger partial charge in [0.05, 0.1) is 28.7 Å². The number of aliphatic hydroxyl groups excluding tert-OH is 1. The molecule has 7 heteroatoms. The molecular weight excluding hydrogens is 392 g/mol. The summed E-state index contributed by atoms with van der Waals surface area (Å²) in [5, 5.41) is 20.6. The number of rotatable bonds is 4. The number of aromatic nitrogens is 1.